The van der Waals surface area contributed by atoms with Crippen molar-refractivity contribution >= 4 is 21.6 Å². The van der Waals surface area contributed by atoms with Gasteiger partial charge in [-0.05, 0) is 41.7 Å². The van der Waals surface area contributed by atoms with Crippen LogP contribution >= 0.6 is 0 Å². The summed E-state index contributed by atoms with van der Waals surface area (Å²) in [6, 6.07) is 13.0. The van der Waals surface area contributed by atoms with Crippen molar-refractivity contribution in [3.05, 3.63) is 53.6 Å². The van der Waals surface area contributed by atoms with Gasteiger partial charge in [-0.15, -0.1) is 0 Å². The Balaban J connectivity index is 2.02. The quantitative estimate of drug-likeness (QED) is 0.595. The SMILES string of the molecule is COc1ccc(C)cc1N(CC(=O)NCCOc1ccccc1C(C)(C)C)S(C)(=O)=O. The molecule has 2 aromatic rings. The Hall–Kier alpha value is -2.74. The number of benzene rings is 2. The van der Waals surface area contributed by atoms with Gasteiger partial charge in [0.05, 0.1) is 25.6 Å². The average Bonchev–Trinajstić information content (AvgIpc) is 2.68. The van der Waals surface area contributed by atoms with E-state index in [-0.39, 0.29) is 25.1 Å². The lowest BCUT2D eigenvalue weighted by Crippen LogP contribution is -2.41. The zero-order valence-electron chi connectivity index (χ0n) is 19.1. The van der Waals surface area contributed by atoms with Crippen molar-refractivity contribution in [2.75, 3.05) is 37.4 Å². The molecule has 0 unspecified atom stereocenters. The van der Waals surface area contributed by atoms with Crippen molar-refractivity contribution in [1.82, 2.24) is 5.32 Å². The minimum absolute atomic E-state index is 0.0668. The topological polar surface area (TPSA) is 84.9 Å². The van der Waals surface area contributed by atoms with Crippen molar-refractivity contribution in [3.8, 4) is 11.5 Å². The second-order valence-corrected chi connectivity index (χ2v) is 10.3. The fourth-order valence-corrected chi connectivity index (χ4v) is 3.98. The smallest absolute Gasteiger partial charge is 0.240 e. The zero-order chi connectivity index (χ0) is 23.2. The molecule has 0 heterocycles. The summed E-state index contributed by atoms with van der Waals surface area (Å²) in [6.45, 7) is 8.34. The van der Waals surface area contributed by atoms with Crippen LogP contribution < -0.4 is 19.1 Å². The van der Waals surface area contributed by atoms with Crippen molar-refractivity contribution < 1.29 is 22.7 Å². The molecule has 1 N–H and O–H groups in total. The Morgan fingerprint density at radius 2 is 1.77 bits per heavy atom. The predicted octanol–water partition coefficient (Wildman–Crippen LogP) is 3.26. The first kappa shape index (κ1) is 24.5. The van der Waals surface area contributed by atoms with E-state index < -0.39 is 15.9 Å². The van der Waals surface area contributed by atoms with E-state index in [2.05, 4.69) is 26.1 Å². The number of hydrogen-bond acceptors (Lipinski definition) is 5. The van der Waals surface area contributed by atoms with Crippen molar-refractivity contribution in [1.29, 1.82) is 0 Å². The summed E-state index contributed by atoms with van der Waals surface area (Å²) in [4.78, 5) is 12.5. The van der Waals surface area contributed by atoms with Crippen molar-refractivity contribution in [2.45, 2.75) is 33.1 Å². The first-order chi connectivity index (χ1) is 14.4. The predicted molar refractivity (Wildman–Crippen MR) is 124 cm³/mol. The van der Waals surface area contributed by atoms with Gasteiger partial charge in [0.2, 0.25) is 15.9 Å². The molecule has 0 aliphatic heterocycles. The molecular formula is C23H32N2O5S. The van der Waals surface area contributed by atoms with Gasteiger partial charge in [-0.1, -0.05) is 45.0 Å². The number of carbonyl (C=O) groups excluding carboxylic acids is 1. The molecule has 0 aliphatic rings. The second kappa shape index (κ2) is 10.0. The number of sulfonamides is 1. The van der Waals surface area contributed by atoms with E-state index in [0.29, 0.717) is 11.4 Å². The van der Waals surface area contributed by atoms with Crippen LogP contribution in [0.2, 0.25) is 0 Å². The summed E-state index contributed by atoms with van der Waals surface area (Å²) in [7, 11) is -2.24. The van der Waals surface area contributed by atoms with E-state index in [1.54, 1.807) is 12.1 Å². The fourth-order valence-electron chi connectivity index (χ4n) is 3.13. The molecule has 0 saturated heterocycles. The van der Waals surface area contributed by atoms with E-state index in [0.717, 1.165) is 27.4 Å². The van der Waals surface area contributed by atoms with Crippen LogP contribution in [0.15, 0.2) is 42.5 Å². The standard InChI is InChI=1S/C23H32N2O5S/c1-17-11-12-21(29-5)19(15-17)25(31(6,27)28)16-22(26)24-13-14-30-20-10-8-7-9-18(20)23(2,3)4/h7-12,15H,13-14,16H2,1-6H3,(H,24,26). The van der Waals surface area contributed by atoms with Gasteiger partial charge < -0.3 is 14.8 Å². The van der Waals surface area contributed by atoms with Gasteiger partial charge in [-0.3, -0.25) is 9.10 Å². The highest BCUT2D eigenvalue weighted by molar-refractivity contribution is 7.92. The number of hydrogen-bond donors (Lipinski definition) is 1. The summed E-state index contributed by atoms with van der Waals surface area (Å²) in [5.41, 5.74) is 2.20. The lowest BCUT2D eigenvalue weighted by Gasteiger charge is -2.24. The summed E-state index contributed by atoms with van der Waals surface area (Å²) >= 11 is 0. The molecule has 8 heteroatoms. The van der Waals surface area contributed by atoms with Gasteiger partial charge in [-0.2, -0.15) is 0 Å². The summed E-state index contributed by atoms with van der Waals surface area (Å²) in [6.07, 6.45) is 1.06. The number of ether oxygens (including phenoxy) is 2. The molecule has 0 fully saturated rings. The molecular weight excluding hydrogens is 416 g/mol. The molecule has 31 heavy (non-hydrogen) atoms. The van der Waals surface area contributed by atoms with Crippen LogP contribution in [-0.2, 0) is 20.2 Å². The Morgan fingerprint density at radius 1 is 1.10 bits per heavy atom. The molecule has 2 rings (SSSR count). The molecule has 0 aromatic heterocycles. The molecule has 0 atom stereocenters. The van der Waals surface area contributed by atoms with Crippen LogP contribution in [0.1, 0.15) is 31.9 Å². The number of anilines is 1. The number of rotatable bonds is 9. The largest absolute Gasteiger partial charge is 0.495 e. The van der Waals surface area contributed by atoms with Gasteiger partial charge in [0, 0.05) is 0 Å². The molecule has 0 spiro atoms. The number of methoxy groups -OCH3 is 1. The Kier molecular flexibility index (Phi) is 7.95. The highest BCUT2D eigenvalue weighted by Gasteiger charge is 2.24. The lowest BCUT2D eigenvalue weighted by atomic mass is 9.86. The number of carbonyl (C=O) groups is 1. The molecule has 2 aromatic carbocycles. The van der Waals surface area contributed by atoms with Crippen LogP contribution in [0.4, 0.5) is 5.69 Å². The second-order valence-electron chi connectivity index (χ2n) is 8.39. The highest BCUT2D eigenvalue weighted by Crippen LogP contribution is 2.31. The van der Waals surface area contributed by atoms with Crippen LogP contribution in [0.3, 0.4) is 0 Å². The Bertz CT molecular complexity index is 1010. The molecule has 0 radical (unpaired) electrons. The molecule has 0 saturated carbocycles. The maximum absolute atomic E-state index is 12.5. The number of aryl methyl sites for hydroxylation is 1. The number of nitrogens with one attached hydrogen (secondary N) is 1. The summed E-state index contributed by atoms with van der Waals surface area (Å²) in [5.74, 6) is 0.721. The van der Waals surface area contributed by atoms with Crippen LogP contribution in [0, 0.1) is 6.92 Å². The average molecular weight is 449 g/mol. The Labute approximate surface area is 185 Å². The van der Waals surface area contributed by atoms with Crippen LogP contribution in [0.5, 0.6) is 11.5 Å². The fraction of sp³-hybridized carbons (Fsp3) is 0.435. The zero-order valence-corrected chi connectivity index (χ0v) is 19.9. The van der Waals surface area contributed by atoms with Crippen molar-refractivity contribution in [3.63, 3.8) is 0 Å². The number of amides is 1. The van der Waals surface area contributed by atoms with Gasteiger partial charge in [0.15, 0.2) is 0 Å². The maximum Gasteiger partial charge on any atom is 0.240 e. The molecule has 7 nitrogen and oxygen atoms in total. The third kappa shape index (κ3) is 6.89. The van der Waals surface area contributed by atoms with Crippen molar-refractivity contribution in [2.24, 2.45) is 0 Å². The van der Waals surface area contributed by atoms with E-state index in [1.165, 1.54) is 7.11 Å². The highest BCUT2D eigenvalue weighted by atomic mass is 32.2. The normalized spacial score (nSPS) is 11.7. The van der Waals surface area contributed by atoms with Crippen LogP contribution in [-0.4, -0.2) is 47.4 Å². The van der Waals surface area contributed by atoms with Crippen LogP contribution in [0.25, 0.3) is 0 Å². The van der Waals surface area contributed by atoms with Gasteiger partial charge in [0.1, 0.15) is 24.7 Å². The number of para-hydroxylation sites is 1. The number of nitrogens with zero attached hydrogens (tertiary/aromatic N) is 1. The summed E-state index contributed by atoms with van der Waals surface area (Å²) < 4.78 is 36.9. The maximum atomic E-state index is 12.5. The minimum Gasteiger partial charge on any atom is -0.495 e. The third-order valence-corrected chi connectivity index (χ3v) is 5.79. The van der Waals surface area contributed by atoms with E-state index in [1.807, 2.05) is 37.3 Å². The molecule has 0 bridgehead atoms. The van der Waals surface area contributed by atoms with E-state index >= 15 is 0 Å². The first-order valence-electron chi connectivity index (χ1n) is 10.0. The molecule has 170 valence electrons. The monoisotopic (exact) mass is 448 g/mol. The third-order valence-electron chi connectivity index (χ3n) is 4.67. The summed E-state index contributed by atoms with van der Waals surface area (Å²) in [5, 5.41) is 2.72. The van der Waals surface area contributed by atoms with Gasteiger partial charge >= 0.3 is 0 Å². The van der Waals surface area contributed by atoms with E-state index in [4.69, 9.17) is 9.47 Å². The van der Waals surface area contributed by atoms with E-state index in [9.17, 15) is 13.2 Å². The minimum atomic E-state index is -3.70. The lowest BCUT2D eigenvalue weighted by molar-refractivity contribution is -0.119. The molecule has 1 amide bonds. The van der Waals surface area contributed by atoms with Gasteiger partial charge in [-0.25, -0.2) is 8.42 Å². The molecule has 0 aliphatic carbocycles. The van der Waals surface area contributed by atoms with Gasteiger partial charge in [0.25, 0.3) is 0 Å². The Morgan fingerprint density at radius 3 is 2.39 bits per heavy atom. The first-order valence-corrected chi connectivity index (χ1v) is 11.9.